The minimum atomic E-state index is -0.356. The van der Waals surface area contributed by atoms with Crippen LogP contribution in [-0.2, 0) is 0 Å². The molecule has 0 saturated heterocycles. The van der Waals surface area contributed by atoms with E-state index in [0.29, 0.717) is 11.4 Å². The molecule has 3 N–H and O–H groups in total. The van der Waals surface area contributed by atoms with Crippen LogP contribution in [0.2, 0.25) is 0 Å². The average Bonchev–Trinajstić information content (AvgIpc) is 2.27. The van der Waals surface area contributed by atoms with Gasteiger partial charge in [-0.05, 0) is 48.9 Å². The minimum absolute atomic E-state index is 0.356. The number of hydrogen-bond donors (Lipinski definition) is 2. The Morgan fingerprint density at radius 2 is 1.94 bits per heavy atom. The summed E-state index contributed by atoms with van der Waals surface area (Å²) in [6.45, 7) is 1.98. The zero-order valence-corrected chi connectivity index (χ0v) is 10.9. The molecule has 0 fully saturated rings. The Balaban J connectivity index is 2.28. The van der Waals surface area contributed by atoms with Crippen LogP contribution >= 0.6 is 15.9 Å². The van der Waals surface area contributed by atoms with Crippen molar-refractivity contribution in [3.05, 3.63) is 52.3 Å². The van der Waals surface area contributed by atoms with Gasteiger partial charge in [0.25, 0.3) is 0 Å². The molecule has 17 heavy (non-hydrogen) atoms. The molecule has 0 heterocycles. The van der Waals surface area contributed by atoms with Gasteiger partial charge >= 0.3 is 0 Å². The van der Waals surface area contributed by atoms with Crippen LogP contribution in [0.4, 0.5) is 21.5 Å². The molecule has 0 radical (unpaired) electrons. The SMILES string of the molecule is Cc1cc(Nc2ccc(N)cc2F)ccc1Br. The first-order valence-electron chi connectivity index (χ1n) is 5.14. The molecule has 2 rings (SSSR count). The highest BCUT2D eigenvalue weighted by molar-refractivity contribution is 9.10. The Hall–Kier alpha value is -1.55. The van der Waals surface area contributed by atoms with Crippen molar-refractivity contribution in [2.45, 2.75) is 6.92 Å². The van der Waals surface area contributed by atoms with E-state index in [9.17, 15) is 4.39 Å². The van der Waals surface area contributed by atoms with Crippen LogP contribution in [-0.4, -0.2) is 0 Å². The third kappa shape index (κ3) is 2.77. The van der Waals surface area contributed by atoms with Crippen molar-refractivity contribution in [3.63, 3.8) is 0 Å². The van der Waals surface area contributed by atoms with Crippen molar-refractivity contribution in [1.29, 1.82) is 0 Å². The second-order valence-electron chi connectivity index (χ2n) is 3.83. The van der Waals surface area contributed by atoms with Gasteiger partial charge in [0, 0.05) is 15.8 Å². The first-order chi connectivity index (χ1) is 8.06. The third-order valence-corrected chi connectivity index (χ3v) is 3.32. The van der Waals surface area contributed by atoms with Crippen molar-refractivity contribution in [3.8, 4) is 0 Å². The van der Waals surface area contributed by atoms with Crippen LogP contribution in [0.25, 0.3) is 0 Å². The lowest BCUT2D eigenvalue weighted by molar-refractivity contribution is 0.632. The molecule has 0 amide bonds. The summed E-state index contributed by atoms with van der Waals surface area (Å²) in [6, 6.07) is 10.3. The van der Waals surface area contributed by atoms with Crippen LogP contribution < -0.4 is 11.1 Å². The van der Waals surface area contributed by atoms with E-state index in [2.05, 4.69) is 21.2 Å². The Morgan fingerprint density at radius 1 is 1.18 bits per heavy atom. The van der Waals surface area contributed by atoms with E-state index < -0.39 is 0 Å². The normalized spacial score (nSPS) is 10.3. The van der Waals surface area contributed by atoms with Crippen LogP contribution in [0.1, 0.15) is 5.56 Å². The van der Waals surface area contributed by atoms with Crippen LogP contribution in [0.15, 0.2) is 40.9 Å². The van der Waals surface area contributed by atoms with E-state index >= 15 is 0 Å². The Labute approximate surface area is 108 Å². The maximum absolute atomic E-state index is 13.6. The van der Waals surface area contributed by atoms with Gasteiger partial charge in [-0.3, -0.25) is 0 Å². The largest absolute Gasteiger partial charge is 0.399 e. The second kappa shape index (κ2) is 4.75. The molecule has 0 aliphatic rings. The zero-order chi connectivity index (χ0) is 12.4. The predicted octanol–water partition coefficient (Wildman–Crippen LogP) is 4.22. The maximum Gasteiger partial charge on any atom is 0.148 e. The maximum atomic E-state index is 13.6. The molecule has 0 unspecified atom stereocenters. The zero-order valence-electron chi connectivity index (χ0n) is 9.30. The molecule has 0 aromatic heterocycles. The highest BCUT2D eigenvalue weighted by Gasteiger charge is 2.03. The molecule has 2 aromatic carbocycles. The first kappa shape index (κ1) is 11.9. The third-order valence-electron chi connectivity index (χ3n) is 2.43. The molecule has 0 spiro atoms. The molecule has 0 bridgehead atoms. The van der Waals surface area contributed by atoms with E-state index in [1.807, 2.05) is 25.1 Å². The van der Waals surface area contributed by atoms with Crippen LogP contribution in [0.3, 0.4) is 0 Å². The molecule has 4 heteroatoms. The number of halogens is 2. The lowest BCUT2D eigenvalue weighted by Crippen LogP contribution is -1.95. The fraction of sp³-hybridized carbons (Fsp3) is 0.0769. The molecule has 88 valence electrons. The number of anilines is 3. The van der Waals surface area contributed by atoms with E-state index in [4.69, 9.17) is 5.73 Å². The summed E-state index contributed by atoms with van der Waals surface area (Å²) in [4.78, 5) is 0. The first-order valence-corrected chi connectivity index (χ1v) is 5.94. The molecule has 0 aliphatic carbocycles. The highest BCUT2D eigenvalue weighted by Crippen LogP contribution is 2.25. The highest BCUT2D eigenvalue weighted by atomic mass is 79.9. The molecule has 0 atom stereocenters. The second-order valence-corrected chi connectivity index (χ2v) is 4.68. The van der Waals surface area contributed by atoms with E-state index in [1.165, 1.54) is 6.07 Å². The lowest BCUT2D eigenvalue weighted by Gasteiger charge is -2.09. The van der Waals surface area contributed by atoms with Gasteiger partial charge in [0.2, 0.25) is 0 Å². The fourth-order valence-corrected chi connectivity index (χ4v) is 1.76. The van der Waals surface area contributed by atoms with Crippen LogP contribution in [0, 0.1) is 12.7 Å². The summed E-state index contributed by atoms with van der Waals surface area (Å²) in [5.74, 6) is -0.356. The van der Waals surface area contributed by atoms with Gasteiger partial charge in [-0.2, -0.15) is 0 Å². The summed E-state index contributed by atoms with van der Waals surface area (Å²) >= 11 is 3.42. The van der Waals surface area contributed by atoms with Gasteiger partial charge in [-0.25, -0.2) is 4.39 Å². The quantitative estimate of drug-likeness (QED) is 0.814. The van der Waals surface area contributed by atoms with Gasteiger partial charge in [0.05, 0.1) is 5.69 Å². The standard InChI is InChI=1S/C13H12BrFN2/c1-8-6-10(3-4-11(8)14)17-13-5-2-9(16)7-12(13)15/h2-7,17H,16H2,1H3. The Kier molecular flexibility index (Phi) is 3.33. The number of nitrogens with two attached hydrogens (primary N) is 1. The summed E-state index contributed by atoms with van der Waals surface area (Å²) in [7, 11) is 0. The molecular weight excluding hydrogens is 283 g/mol. The van der Waals surface area contributed by atoms with Crippen molar-refractivity contribution < 1.29 is 4.39 Å². The van der Waals surface area contributed by atoms with Crippen molar-refractivity contribution in [2.75, 3.05) is 11.1 Å². The Morgan fingerprint density at radius 3 is 2.59 bits per heavy atom. The monoisotopic (exact) mass is 294 g/mol. The summed E-state index contributed by atoms with van der Waals surface area (Å²) in [5, 5.41) is 3.02. The lowest BCUT2D eigenvalue weighted by atomic mass is 10.2. The van der Waals surface area contributed by atoms with Gasteiger partial charge in [0.1, 0.15) is 5.82 Å². The van der Waals surface area contributed by atoms with Crippen LogP contribution in [0.5, 0.6) is 0 Å². The molecule has 0 saturated carbocycles. The average molecular weight is 295 g/mol. The summed E-state index contributed by atoms with van der Waals surface area (Å²) < 4.78 is 14.6. The number of benzene rings is 2. The molecule has 2 aromatic rings. The van der Waals surface area contributed by atoms with Gasteiger partial charge < -0.3 is 11.1 Å². The van der Waals surface area contributed by atoms with Crippen molar-refractivity contribution >= 4 is 33.0 Å². The number of nitrogens with one attached hydrogen (secondary N) is 1. The molecule has 2 nitrogen and oxygen atoms in total. The van der Waals surface area contributed by atoms with Crippen molar-refractivity contribution in [1.82, 2.24) is 0 Å². The van der Waals surface area contributed by atoms with Crippen molar-refractivity contribution in [2.24, 2.45) is 0 Å². The number of aryl methyl sites for hydroxylation is 1. The van der Waals surface area contributed by atoms with E-state index in [-0.39, 0.29) is 5.82 Å². The number of hydrogen-bond acceptors (Lipinski definition) is 2. The summed E-state index contributed by atoms with van der Waals surface area (Å²) in [6.07, 6.45) is 0. The molecule has 0 aliphatic heterocycles. The smallest absolute Gasteiger partial charge is 0.148 e. The van der Waals surface area contributed by atoms with Gasteiger partial charge in [-0.15, -0.1) is 0 Å². The van der Waals surface area contributed by atoms with Gasteiger partial charge in [-0.1, -0.05) is 15.9 Å². The van der Waals surface area contributed by atoms with E-state index in [0.717, 1.165) is 15.7 Å². The summed E-state index contributed by atoms with van der Waals surface area (Å²) in [5.41, 5.74) is 8.26. The fourth-order valence-electron chi connectivity index (χ4n) is 1.51. The van der Waals surface area contributed by atoms with Gasteiger partial charge in [0.15, 0.2) is 0 Å². The Bertz CT molecular complexity index is 555. The number of nitrogen functional groups attached to an aromatic ring is 1. The molecular formula is C13H12BrFN2. The predicted molar refractivity (Wildman–Crippen MR) is 73.0 cm³/mol. The topological polar surface area (TPSA) is 38.0 Å². The number of rotatable bonds is 2. The minimum Gasteiger partial charge on any atom is -0.399 e. The van der Waals surface area contributed by atoms with E-state index in [1.54, 1.807) is 12.1 Å².